The van der Waals surface area contributed by atoms with Gasteiger partial charge in [0, 0.05) is 73.0 Å². The number of fused-ring (bicyclic) bond motifs is 1. The Balaban J connectivity index is 0.0000113. The van der Waals surface area contributed by atoms with Gasteiger partial charge in [-0.05, 0) is 99.1 Å². The predicted octanol–water partition coefficient (Wildman–Crippen LogP) is 15.7. The van der Waals surface area contributed by atoms with Gasteiger partial charge in [-0.3, -0.25) is 9.55 Å². The third kappa shape index (κ3) is 9.45. The number of para-hydroxylation sites is 1. The van der Waals surface area contributed by atoms with Gasteiger partial charge in [-0.2, -0.15) is 0 Å². The number of hydrogen-bond donors (Lipinski definition) is 1. The smallest absolute Gasteiger partial charge is 0.148 e. The zero-order valence-corrected chi connectivity index (χ0v) is 38.1. The Morgan fingerprint density at radius 2 is 1.41 bits per heavy atom. The van der Waals surface area contributed by atoms with Gasteiger partial charge in [-0.15, -0.1) is 29.3 Å². The van der Waals surface area contributed by atoms with Crippen molar-refractivity contribution in [2.24, 2.45) is 5.92 Å². The van der Waals surface area contributed by atoms with E-state index < -0.39 is 122 Å². The Morgan fingerprint density at radius 3 is 2.09 bits per heavy atom. The monoisotopic (exact) mass is 1050 g/mol. The molecule has 0 bridgehead atoms. The molecule has 4 nitrogen and oxygen atoms in total. The Kier molecular flexibility index (Phi) is 6.69. The summed E-state index contributed by atoms with van der Waals surface area (Å²) in [6.07, 6.45) is 1.82. The molecule has 0 radical (unpaired) electrons. The number of hydrogen-bond acceptors (Lipinski definition) is 3. The summed E-state index contributed by atoms with van der Waals surface area (Å²) < 4.78 is 218. The van der Waals surface area contributed by atoms with Gasteiger partial charge in [0.2, 0.25) is 0 Å². The van der Waals surface area contributed by atoms with Gasteiger partial charge in [0.1, 0.15) is 11.6 Å². The second-order valence-corrected chi connectivity index (χ2v) is 17.3. The Labute approximate surface area is 431 Å². The van der Waals surface area contributed by atoms with Crippen LogP contribution in [0.2, 0.25) is 0 Å². The number of benzene rings is 6. The average molecular weight is 1050 g/mol. The molecule has 0 spiro atoms. The predicted molar refractivity (Wildman–Crippen MR) is 266 cm³/mol. The second-order valence-electron chi connectivity index (χ2n) is 17.3. The molecule has 0 aliphatic carbocycles. The SMILES string of the molecule is [2H]c1c([2H])c(C([2H])([2H])[2H])c([2H])c([2H])c1-c1ccnc(-c2[c-]c(-c3cccc4c3nc(-c3cc(C(C([2H])([2H])[2H])(C([2H])([2H])[2H])C([2H])([2H])[2H])cc(C(C([2H])([2H])[2H])(C([2H])([2H])[2H])C([2H])([2H])[2H])c3O)n4-c3ccc(-c4ccccc4)c(CC(C)C)c3)cc(C(C)(C)C)c2)c1.[Pt]. The molecular formula is C59H62N3OPt-. The molecule has 0 saturated heterocycles. The van der Waals surface area contributed by atoms with E-state index in [0.717, 1.165) is 16.7 Å². The van der Waals surface area contributed by atoms with E-state index in [2.05, 4.69) is 11.1 Å². The van der Waals surface area contributed by atoms with Crippen LogP contribution in [0.4, 0.5) is 0 Å². The maximum atomic E-state index is 13.0. The molecule has 0 unspecified atom stereocenters. The molecule has 8 aromatic rings. The second kappa shape index (κ2) is 17.8. The quantitative estimate of drug-likeness (QED) is 0.154. The van der Waals surface area contributed by atoms with Gasteiger partial charge in [0.25, 0.3) is 0 Å². The molecule has 0 aliphatic rings. The molecule has 5 heteroatoms. The summed E-state index contributed by atoms with van der Waals surface area (Å²) in [6, 6.07) is 27.6. The van der Waals surface area contributed by atoms with E-state index in [4.69, 9.17) is 39.3 Å². The molecule has 0 aliphatic heterocycles. The van der Waals surface area contributed by atoms with E-state index in [1.807, 2.05) is 65.0 Å². The third-order valence-electron chi connectivity index (χ3n) is 10.9. The summed E-state index contributed by atoms with van der Waals surface area (Å²) in [7, 11) is 0. The van der Waals surface area contributed by atoms with Crippen LogP contribution in [-0.4, -0.2) is 19.6 Å². The van der Waals surface area contributed by atoms with Crippen LogP contribution in [0.1, 0.15) is 138 Å². The number of phenols is 1. The van der Waals surface area contributed by atoms with Crippen LogP contribution in [0.5, 0.6) is 5.75 Å². The van der Waals surface area contributed by atoms with Crippen LogP contribution in [0.15, 0.2) is 133 Å². The molecular weight excluding hydrogens is 962 g/mol. The Morgan fingerprint density at radius 1 is 0.688 bits per heavy atom. The summed E-state index contributed by atoms with van der Waals surface area (Å²) in [5.41, 5.74) is -8.81. The van der Waals surface area contributed by atoms with Crippen LogP contribution in [0.3, 0.4) is 0 Å². The fraction of sp³-hybridized carbons (Fsp3) is 0.288. The summed E-state index contributed by atoms with van der Waals surface area (Å²) >= 11 is 0. The minimum atomic E-state index is -4.20. The van der Waals surface area contributed by atoms with Crippen LogP contribution >= 0.6 is 0 Å². The maximum Gasteiger partial charge on any atom is 0.148 e. The normalized spacial score (nSPS) is 19.3. The van der Waals surface area contributed by atoms with E-state index >= 15 is 0 Å². The summed E-state index contributed by atoms with van der Waals surface area (Å²) in [6.45, 7) is -18.1. The van der Waals surface area contributed by atoms with Crippen molar-refractivity contribution < 1.29 is 60.4 Å². The summed E-state index contributed by atoms with van der Waals surface area (Å²) in [5, 5.41) is 13.0. The van der Waals surface area contributed by atoms with E-state index in [-0.39, 0.29) is 72.2 Å². The molecule has 0 atom stereocenters. The zero-order chi connectivity index (χ0) is 66.0. The van der Waals surface area contributed by atoms with Gasteiger partial charge in [0.15, 0.2) is 0 Å². The molecule has 0 amide bonds. The molecule has 6 aromatic carbocycles. The average Bonchev–Trinajstić information content (AvgIpc) is 0.978. The molecule has 330 valence electrons. The molecule has 8 rings (SSSR count). The van der Waals surface area contributed by atoms with Crippen molar-refractivity contribution in [2.45, 2.75) is 105 Å². The number of nitrogens with zero attached hydrogens (tertiary/aromatic N) is 3. The van der Waals surface area contributed by atoms with Gasteiger partial charge in [0.05, 0.1) is 22.1 Å². The molecule has 0 fully saturated rings. The van der Waals surface area contributed by atoms with E-state index in [1.54, 1.807) is 48.5 Å². The van der Waals surface area contributed by atoms with E-state index in [1.165, 1.54) is 22.9 Å². The minimum absolute atomic E-state index is 0. The molecule has 1 N–H and O–H groups in total. The van der Waals surface area contributed by atoms with Crippen LogP contribution in [0, 0.1) is 18.8 Å². The van der Waals surface area contributed by atoms with Crippen molar-refractivity contribution >= 4 is 11.0 Å². The van der Waals surface area contributed by atoms with Crippen LogP contribution in [0.25, 0.3) is 72.7 Å². The molecule has 0 saturated carbocycles. The first-order valence-electron chi connectivity index (χ1n) is 32.9. The van der Waals surface area contributed by atoms with Crippen molar-refractivity contribution in [3.05, 3.63) is 167 Å². The van der Waals surface area contributed by atoms with Crippen molar-refractivity contribution in [3.8, 4) is 67.5 Å². The fourth-order valence-electron chi connectivity index (χ4n) is 7.77. The summed E-state index contributed by atoms with van der Waals surface area (Å²) in [5.74, 6) is -1.89. The first-order valence-corrected chi connectivity index (χ1v) is 20.4. The van der Waals surface area contributed by atoms with Crippen LogP contribution < -0.4 is 0 Å². The fourth-order valence-corrected chi connectivity index (χ4v) is 7.77. The molecule has 2 heterocycles. The molecule has 64 heavy (non-hydrogen) atoms. The zero-order valence-electron chi connectivity index (χ0n) is 60.8. The van der Waals surface area contributed by atoms with E-state index in [0.29, 0.717) is 29.2 Å². The van der Waals surface area contributed by atoms with E-state index in [9.17, 15) is 5.11 Å². The van der Waals surface area contributed by atoms with Gasteiger partial charge in [-0.1, -0.05) is 177 Å². The number of aromatic hydroxyl groups is 1. The van der Waals surface area contributed by atoms with Gasteiger partial charge >= 0.3 is 0 Å². The first-order chi connectivity index (χ1) is 40.1. The topological polar surface area (TPSA) is 50.9 Å². The van der Waals surface area contributed by atoms with Crippen molar-refractivity contribution in [3.63, 3.8) is 0 Å². The maximum absolute atomic E-state index is 13.0. The summed E-state index contributed by atoms with van der Waals surface area (Å²) in [4.78, 5) is 9.72. The van der Waals surface area contributed by atoms with Crippen molar-refractivity contribution in [1.29, 1.82) is 0 Å². The standard InChI is InChI=1S/C59H62N3O.Pt/c1-37(2)29-42-33-47(25-26-48(42)40-17-14-13-15-18-40)62-53-20-16-19-49(54(53)61-56(62)50-35-46(58(7,8)9)36-51(55(50)63)59(10,11)12)43-30-44(32-45(31-43)57(4,5)6)52-34-41(27-28-60-52)39-23-21-38(3)22-24-39;/h13-28,31-37,63H,29H2,1-12H3;/q-1;/i3D3,7D3,8D3,9D3,10D3,11D3,12D3,21D,22D,23D,24D;. The number of imidazole rings is 1. The Bertz CT molecular complexity index is 3890. The number of aromatic nitrogens is 3. The first kappa shape index (κ1) is 24.1. The Hall–Kier alpha value is -5.57. The van der Waals surface area contributed by atoms with Crippen LogP contribution in [-0.2, 0) is 43.7 Å². The van der Waals surface area contributed by atoms with Gasteiger partial charge in [-0.25, -0.2) is 4.98 Å². The third-order valence-corrected chi connectivity index (χ3v) is 10.9. The number of phenolic OH excluding ortho intramolecular Hbond substituents is 1. The number of pyridine rings is 1. The number of rotatable bonds is 8. The molecule has 2 aromatic heterocycles. The minimum Gasteiger partial charge on any atom is -0.507 e. The van der Waals surface area contributed by atoms with Crippen molar-refractivity contribution in [1.82, 2.24) is 14.5 Å². The van der Waals surface area contributed by atoms with Crippen molar-refractivity contribution in [2.75, 3.05) is 0 Å². The largest absolute Gasteiger partial charge is 0.507 e. The van der Waals surface area contributed by atoms with Gasteiger partial charge < -0.3 is 5.11 Å².